The highest BCUT2D eigenvalue weighted by atomic mass is 35.5. The molecule has 6 heteroatoms. The van der Waals surface area contributed by atoms with Gasteiger partial charge < -0.3 is 5.32 Å². The highest BCUT2D eigenvalue weighted by Crippen LogP contribution is 2.25. The van der Waals surface area contributed by atoms with Crippen molar-refractivity contribution < 1.29 is 9.59 Å². The van der Waals surface area contributed by atoms with Crippen molar-refractivity contribution in [3.05, 3.63) is 59.6 Å². The van der Waals surface area contributed by atoms with Gasteiger partial charge in [0, 0.05) is 0 Å². The van der Waals surface area contributed by atoms with Gasteiger partial charge in [0.2, 0.25) is 5.78 Å². The maximum absolute atomic E-state index is 11.7. The molecule has 1 heterocycles. The number of amidine groups is 1. The number of carbonyl (C=O) groups excluding carboxylic acids is 2. The Morgan fingerprint density at radius 1 is 0.913 bits per heavy atom. The number of hydrogen-bond acceptors (Lipinski definition) is 4. The third-order valence-electron chi connectivity index (χ3n) is 3.19. The molecule has 2 aromatic rings. The summed E-state index contributed by atoms with van der Waals surface area (Å²) in [5, 5.41) is 2.95. The Labute approximate surface area is 137 Å². The summed E-state index contributed by atoms with van der Waals surface area (Å²) in [6.07, 6.45) is -0.108. The molecule has 5 nitrogen and oxygen atoms in total. The first-order chi connectivity index (χ1) is 11.1. The molecule has 1 saturated heterocycles. The third-order valence-corrected chi connectivity index (χ3v) is 3.51. The van der Waals surface area contributed by atoms with Crippen LogP contribution >= 0.6 is 11.6 Å². The van der Waals surface area contributed by atoms with E-state index in [-0.39, 0.29) is 12.3 Å². The number of halogens is 1. The van der Waals surface area contributed by atoms with Crippen LogP contribution in [0.3, 0.4) is 0 Å². The van der Waals surface area contributed by atoms with Gasteiger partial charge in [0.1, 0.15) is 0 Å². The van der Waals surface area contributed by atoms with Crippen molar-refractivity contribution in [2.45, 2.75) is 6.42 Å². The average Bonchev–Trinajstić information content (AvgIpc) is 2.55. The predicted octanol–water partition coefficient (Wildman–Crippen LogP) is 3.23. The molecule has 23 heavy (non-hydrogen) atoms. The number of Topliss-reactive ketones (excluding diaryl/α,β-unsaturated/α-hetero) is 1. The van der Waals surface area contributed by atoms with Crippen LogP contribution in [0.1, 0.15) is 6.42 Å². The molecule has 1 fully saturated rings. The number of rotatable bonds is 2. The van der Waals surface area contributed by atoms with Crippen LogP contribution in [0.4, 0.5) is 11.4 Å². The highest BCUT2D eigenvalue weighted by molar-refractivity contribution is 6.59. The molecule has 3 rings (SSSR count). The number of benzene rings is 2. The third kappa shape index (κ3) is 3.52. The van der Waals surface area contributed by atoms with Crippen LogP contribution in [0.2, 0.25) is 5.02 Å². The summed E-state index contributed by atoms with van der Waals surface area (Å²) in [6.45, 7) is 0. The molecule has 0 aliphatic carbocycles. The molecule has 0 unspecified atom stereocenters. The fourth-order valence-corrected chi connectivity index (χ4v) is 2.25. The second-order valence-electron chi connectivity index (χ2n) is 4.86. The number of para-hydroxylation sites is 2. The van der Waals surface area contributed by atoms with Gasteiger partial charge in [0.25, 0.3) is 5.91 Å². The number of ketones is 1. The molecule has 0 aromatic heterocycles. The molecule has 0 atom stereocenters. The second kappa shape index (κ2) is 6.54. The van der Waals surface area contributed by atoms with Gasteiger partial charge >= 0.3 is 0 Å². The van der Waals surface area contributed by atoms with Crippen LogP contribution in [0, 0.1) is 0 Å². The van der Waals surface area contributed by atoms with Crippen LogP contribution in [-0.4, -0.2) is 23.2 Å². The fourth-order valence-electron chi connectivity index (χ4n) is 2.07. The van der Waals surface area contributed by atoms with Crippen molar-refractivity contribution in [2.24, 2.45) is 9.98 Å². The lowest BCUT2D eigenvalue weighted by Gasteiger charge is -2.16. The van der Waals surface area contributed by atoms with Gasteiger partial charge in [0.15, 0.2) is 5.84 Å². The molecule has 1 aliphatic rings. The van der Waals surface area contributed by atoms with E-state index in [1.54, 1.807) is 36.4 Å². The fraction of sp³-hybridized carbons (Fsp3) is 0.0588. The van der Waals surface area contributed by atoms with Crippen molar-refractivity contribution in [1.29, 1.82) is 0 Å². The van der Waals surface area contributed by atoms with Crippen molar-refractivity contribution in [1.82, 2.24) is 5.32 Å². The maximum Gasteiger partial charge on any atom is 0.293 e. The highest BCUT2D eigenvalue weighted by Gasteiger charge is 2.28. The topological polar surface area (TPSA) is 70.9 Å². The Balaban J connectivity index is 2.04. The van der Waals surface area contributed by atoms with E-state index in [9.17, 15) is 9.59 Å². The van der Waals surface area contributed by atoms with E-state index in [2.05, 4.69) is 15.3 Å². The zero-order valence-corrected chi connectivity index (χ0v) is 12.7. The van der Waals surface area contributed by atoms with Crippen molar-refractivity contribution >= 4 is 46.2 Å². The quantitative estimate of drug-likeness (QED) is 0.861. The largest absolute Gasteiger partial charge is 0.302 e. The summed E-state index contributed by atoms with van der Waals surface area (Å²) in [4.78, 5) is 32.1. The van der Waals surface area contributed by atoms with Crippen LogP contribution in [0.5, 0.6) is 0 Å². The van der Waals surface area contributed by atoms with Gasteiger partial charge in [-0.05, 0) is 24.3 Å². The van der Waals surface area contributed by atoms with Crippen LogP contribution in [-0.2, 0) is 9.59 Å². The summed E-state index contributed by atoms with van der Waals surface area (Å²) in [5.74, 6) is -0.971. The minimum absolute atomic E-state index is 0.108. The van der Waals surface area contributed by atoms with Crippen molar-refractivity contribution in [3.8, 4) is 0 Å². The van der Waals surface area contributed by atoms with Crippen LogP contribution in [0.25, 0.3) is 0 Å². The Hall–Kier alpha value is -2.79. The molecule has 0 spiro atoms. The Kier molecular flexibility index (Phi) is 4.30. The van der Waals surface area contributed by atoms with Gasteiger partial charge in [-0.3, -0.25) is 9.59 Å². The lowest BCUT2D eigenvalue weighted by atomic mass is 10.1. The molecule has 0 bridgehead atoms. The average molecular weight is 326 g/mol. The first-order valence-electron chi connectivity index (χ1n) is 6.94. The molecule has 114 valence electrons. The van der Waals surface area contributed by atoms with E-state index >= 15 is 0 Å². The summed E-state index contributed by atoms with van der Waals surface area (Å²) in [7, 11) is 0. The van der Waals surface area contributed by atoms with Crippen LogP contribution < -0.4 is 5.32 Å². The molecule has 0 saturated carbocycles. The maximum atomic E-state index is 11.7. The molecular formula is C17H12ClN3O2. The van der Waals surface area contributed by atoms with Gasteiger partial charge in [-0.15, -0.1) is 0 Å². The lowest BCUT2D eigenvalue weighted by Crippen LogP contribution is -2.47. The number of nitrogens with zero attached hydrogens (tertiary/aromatic N) is 2. The van der Waals surface area contributed by atoms with Crippen molar-refractivity contribution in [2.75, 3.05) is 0 Å². The minimum atomic E-state index is -0.683. The Morgan fingerprint density at radius 3 is 2.35 bits per heavy atom. The van der Waals surface area contributed by atoms with Gasteiger partial charge in [0.05, 0.1) is 28.5 Å². The van der Waals surface area contributed by atoms with Gasteiger partial charge in [-0.1, -0.05) is 41.9 Å². The number of nitrogens with one attached hydrogen (secondary N) is 1. The number of aliphatic imine (C=N–C) groups is 2. The smallest absolute Gasteiger partial charge is 0.293 e. The van der Waals surface area contributed by atoms with E-state index in [0.29, 0.717) is 22.1 Å². The SMILES string of the molecule is O=C1CC(=Nc2ccccc2Cl)C(=Nc2ccccc2)NC1=O. The summed E-state index contributed by atoms with van der Waals surface area (Å²) < 4.78 is 0. The molecule has 1 aliphatic heterocycles. The van der Waals surface area contributed by atoms with Crippen LogP contribution in [0.15, 0.2) is 64.6 Å². The molecular weight excluding hydrogens is 314 g/mol. The summed E-state index contributed by atoms with van der Waals surface area (Å²) in [6, 6.07) is 16.1. The first kappa shape index (κ1) is 15.1. The zero-order chi connectivity index (χ0) is 16.2. The Bertz CT molecular complexity index is 829. The van der Waals surface area contributed by atoms with E-state index in [0.717, 1.165) is 0 Å². The molecule has 1 amide bonds. The molecule has 2 aromatic carbocycles. The van der Waals surface area contributed by atoms with Crippen molar-refractivity contribution in [3.63, 3.8) is 0 Å². The zero-order valence-electron chi connectivity index (χ0n) is 12.0. The number of hydrogen-bond donors (Lipinski definition) is 1. The van der Waals surface area contributed by atoms with E-state index in [1.807, 2.05) is 18.2 Å². The van der Waals surface area contributed by atoms with E-state index in [1.165, 1.54) is 0 Å². The standard InChI is InChI=1S/C17H12ClN3O2/c18-12-8-4-5-9-13(12)20-14-10-15(22)17(23)21-16(14)19-11-6-2-1-3-7-11/h1-9H,10H2,(H,19,21,23). The normalized spacial score (nSPS) is 18.3. The summed E-state index contributed by atoms with van der Waals surface area (Å²) >= 11 is 6.10. The lowest BCUT2D eigenvalue weighted by molar-refractivity contribution is -0.136. The monoisotopic (exact) mass is 325 g/mol. The number of carbonyl (C=O) groups is 2. The number of piperidine rings is 1. The predicted molar refractivity (Wildman–Crippen MR) is 89.9 cm³/mol. The van der Waals surface area contributed by atoms with Gasteiger partial charge in [-0.25, -0.2) is 9.98 Å². The first-order valence-corrected chi connectivity index (χ1v) is 7.31. The molecule has 0 radical (unpaired) electrons. The van der Waals surface area contributed by atoms with E-state index < -0.39 is 11.7 Å². The number of amides is 1. The van der Waals surface area contributed by atoms with E-state index in [4.69, 9.17) is 11.6 Å². The second-order valence-corrected chi connectivity index (χ2v) is 5.27. The summed E-state index contributed by atoms with van der Waals surface area (Å²) in [5.41, 5.74) is 1.56. The Morgan fingerprint density at radius 2 is 1.61 bits per heavy atom. The minimum Gasteiger partial charge on any atom is -0.302 e. The molecule has 1 N–H and O–H groups in total. The van der Waals surface area contributed by atoms with Gasteiger partial charge in [-0.2, -0.15) is 0 Å².